The van der Waals surface area contributed by atoms with Crippen molar-refractivity contribution in [2.75, 3.05) is 26.2 Å². The quantitative estimate of drug-likeness (QED) is 0.577. The maximum Gasteiger partial charge on any atom is 0.0227 e. The highest BCUT2D eigenvalue weighted by Gasteiger charge is 2.22. The Morgan fingerprint density at radius 1 is 0.692 bits per heavy atom. The van der Waals surface area contributed by atoms with Crippen LogP contribution in [-0.2, 0) is 0 Å². The van der Waals surface area contributed by atoms with Crippen LogP contribution in [0.3, 0.4) is 0 Å². The van der Waals surface area contributed by atoms with E-state index in [-0.39, 0.29) is 0 Å². The van der Waals surface area contributed by atoms with Crippen molar-refractivity contribution in [2.45, 2.75) is 38.5 Å². The van der Waals surface area contributed by atoms with Gasteiger partial charge in [-0.2, -0.15) is 0 Å². The minimum absolute atomic E-state index is 0.470. The molecule has 0 radical (unpaired) electrons. The molecule has 0 heterocycles. The molecule has 2 atom stereocenters. The Kier molecular flexibility index (Phi) is 8.32. The zero-order valence-corrected chi connectivity index (χ0v) is 17.1. The number of rotatable bonds is 8. The Bertz CT molecular complexity index is 506. The molecular formula is C22H32Cl2N2. The Morgan fingerprint density at radius 2 is 1.12 bits per heavy atom. The molecule has 1 fully saturated rings. The van der Waals surface area contributed by atoms with Crippen LogP contribution in [0.25, 0.3) is 0 Å². The van der Waals surface area contributed by atoms with Gasteiger partial charge in [0.25, 0.3) is 0 Å². The van der Waals surface area contributed by atoms with E-state index in [0.717, 1.165) is 60.9 Å². The average Bonchev–Trinajstić information content (AvgIpc) is 2.66. The monoisotopic (exact) mass is 394 g/mol. The first kappa shape index (κ1) is 20.2. The molecule has 0 amide bonds. The lowest BCUT2D eigenvalue weighted by atomic mass is 9.82. The van der Waals surface area contributed by atoms with Gasteiger partial charge in [-0.15, -0.1) is 0 Å². The smallest absolute Gasteiger partial charge is 0.0227 e. The summed E-state index contributed by atoms with van der Waals surface area (Å²) in [7, 11) is 0. The van der Waals surface area contributed by atoms with Crippen LogP contribution in [0.2, 0.25) is 0 Å². The van der Waals surface area contributed by atoms with Crippen molar-refractivity contribution in [3.8, 4) is 0 Å². The third-order valence-corrected chi connectivity index (χ3v) is 6.89. The predicted molar refractivity (Wildman–Crippen MR) is 114 cm³/mol. The van der Waals surface area contributed by atoms with Gasteiger partial charge in [-0.05, 0) is 75.6 Å². The normalized spacial score (nSPS) is 31.6. The second kappa shape index (κ2) is 10.7. The van der Waals surface area contributed by atoms with Crippen LogP contribution >= 0.6 is 23.2 Å². The molecule has 144 valence electrons. The van der Waals surface area contributed by atoms with Gasteiger partial charge in [-0.1, -0.05) is 47.5 Å². The molecule has 26 heavy (non-hydrogen) atoms. The SMILES string of the molecule is ClC1=CC=CCC1CNCC1CCC(CNC[C@@H]2CC=CC=C2Cl)CC1. The predicted octanol–water partition coefficient (Wildman–Crippen LogP) is 5.37. The van der Waals surface area contributed by atoms with Gasteiger partial charge in [0.2, 0.25) is 0 Å². The molecule has 0 saturated heterocycles. The lowest BCUT2D eigenvalue weighted by Crippen LogP contribution is -2.34. The second-order valence-corrected chi connectivity index (χ2v) is 8.90. The number of halogens is 2. The summed E-state index contributed by atoms with van der Waals surface area (Å²) in [5, 5.41) is 9.31. The van der Waals surface area contributed by atoms with Gasteiger partial charge >= 0.3 is 0 Å². The molecule has 2 N–H and O–H groups in total. The highest BCUT2D eigenvalue weighted by molar-refractivity contribution is 6.30. The molecule has 0 aliphatic heterocycles. The molecule has 0 bridgehead atoms. The van der Waals surface area contributed by atoms with E-state index in [9.17, 15) is 0 Å². The van der Waals surface area contributed by atoms with E-state index in [0.29, 0.717) is 11.8 Å². The van der Waals surface area contributed by atoms with Gasteiger partial charge in [0, 0.05) is 35.0 Å². The zero-order valence-electron chi connectivity index (χ0n) is 15.6. The molecule has 0 aromatic carbocycles. The Labute approximate surface area is 168 Å². The number of hydrogen-bond donors (Lipinski definition) is 2. The first-order valence-electron chi connectivity index (χ1n) is 10.2. The summed E-state index contributed by atoms with van der Waals surface area (Å²) in [6.45, 7) is 4.29. The van der Waals surface area contributed by atoms with Gasteiger partial charge in [0.1, 0.15) is 0 Å². The minimum atomic E-state index is 0.470. The number of nitrogens with one attached hydrogen (secondary N) is 2. The van der Waals surface area contributed by atoms with Crippen molar-refractivity contribution in [2.24, 2.45) is 23.7 Å². The molecule has 0 spiro atoms. The first-order chi connectivity index (χ1) is 12.7. The molecule has 3 aliphatic rings. The van der Waals surface area contributed by atoms with E-state index in [4.69, 9.17) is 23.2 Å². The third-order valence-electron chi connectivity index (χ3n) is 6.02. The molecule has 0 aromatic rings. The van der Waals surface area contributed by atoms with E-state index in [1.54, 1.807) is 0 Å². The van der Waals surface area contributed by atoms with Gasteiger partial charge in [-0.3, -0.25) is 0 Å². The van der Waals surface area contributed by atoms with Crippen molar-refractivity contribution in [3.63, 3.8) is 0 Å². The van der Waals surface area contributed by atoms with Gasteiger partial charge < -0.3 is 10.6 Å². The Hall–Kier alpha value is -0.540. The molecule has 1 saturated carbocycles. The van der Waals surface area contributed by atoms with Crippen LogP contribution in [0, 0.1) is 23.7 Å². The van der Waals surface area contributed by atoms with Crippen molar-refractivity contribution in [1.82, 2.24) is 10.6 Å². The highest BCUT2D eigenvalue weighted by atomic mass is 35.5. The summed E-state index contributed by atoms with van der Waals surface area (Å²) in [5.41, 5.74) is 0. The molecule has 3 aliphatic carbocycles. The lowest BCUT2D eigenvalue weighted by molar-refractivity contribution is 0.258. The molecular weight excluding hydrogens is 363 g/mol. The Balaban J connectivity index is 1.25. The third kappa shape index (κ3) is 6.27. The van der Waals surface area contributed by atoms with Crippen LogP contribution in [0.15, 0.2) is 46.5 Å². The first-order valence-corrected chi connectivity index (χ1v) is 10.9. The van der Waals surface area contributed by atoms with Crippen molar-refractivity contribution < 1.29 is 0 Å². The van der Waals surface area contributed by atoms with E-state index in [1.807, 2.05) is 12.2 Å². The molecule has 2 nitrogen and oxygen atoms in total. The maximum absolute atomic E-state index is 6.28. The van der Waals surface area contributed by atoms with Crippen LogP contribution < -0.4 is 10.6 Å². The zero-order chi connectivity index (χ0) is 18.2. The van der Waals surface area contributed by atoms with E-state index >= 15 is 0 Å². The highest BCUT2D eigenvalue weighted by Crippen LogP contribution is 2.29. The van der Waals surface area contributed by atoms with E-state index in [2.05, 4.69) is 34.9 Å². The lowest BCUT2D eigenvalue weighted by Gasteiger charge is -2.30. The maximum atomic E-state index is 6.28. The number of hydrogen-bond acceptors (Lipinski definition) is 2. The largest absolute Gasteiger partial charge is 0.316 e. The fraction of sp³-hybridized carbons (Fsp3) is 0.636. The summed E-state index contributed by atoms with van der Waals surface area (Å²) in [6, 6.07) is 0. The fourth-order valence-corrected chi connectivity index (χ4v) is 4.71. The average molecular weight is 395 g/mol. The molecule has 4 heteroatoms. The van der Waals surface area contributed by atoms with Crippen molar-refractivity contribution >= 4 is 23.2 Å². The summed E-state index contributed by atoms with van der Waals surface area (Å²) in [6.07, 6.45) is 20.1. The topological polar surface area (TPSA) is 24.1 Å². The van der Waals surface area contributed by atoms with Gasteiger partial charge in [-0.25, -0.2) is 0 Å². The molecule has 3 rings (SSSR count). The van der Waals surface area contributed by atoms with Crippen molar-refractivity contribution in [1.29, 1.82) is 0 Å². The standard InChI is InChI=1S/C22H32Cl2N2/c23-21-7-3-1-5-19(21)15-25-13-17-9-11-18(12-10-17)14-26-16-20-6-2-4-8-22(20)24/h1-4,7-8,17-20,25-26H,5-6,9-16H2/t17?,18?,19-,20?/m0/s1. The summed E-state index contributed by atoms with van der Waals surface area (Å²) in [5.74, 6) is 2.60. The summed E-state index contributed by atoms with van der Waals surface area (Å²) < 4.78 is 0. The van der Waals surface area contributed by atoms with Gasteiger partial charge in [0.05, 0.1) is 0 Å². The van der Waals surface area contributed by atoms with Crippen LogP contribution in [0.5, 0.6) is 0 Å². The Morgan fingerprint density at radius 3 is 1.50 bits per heavy atom. The summed E-state index contributed by atoms with van der Waals surface area (Å²) in [4.78, 5) is 0. The number of allylic oxidation sites excluding steroid dienone is 6. The second-order valence-electron chi connectivity index (χ2n) is 8.03. The van der Waals surface area contributed by atoms with E-state index in [1.165, 1.54) is 25.7 Å². The van der Waals surface area contributed by atoms with Crippen LogP contribution in [0.4, 0.5) is 0 Å². The molecule has 0 aromatic heterocycles. The molecule has 1 unspecified atom stereocenters. The van der Waals surface area contributed by atoms with Gasteiger partial charge in [0.15, 0.2) is 0 Å². The fourth-order valence-electron chi connectivity index (χ4n) is 4.23. The summed E-state index contributed by atoms with van der Waals surface area (Å²) >= 11 is 12.6. The minimum Gasteiger partial charge on any atom is -0.316 e. The van der Waals surface area contributed by atoms with Crippen LogP contribution in [-0.4, -0.2) is 26.2 Å². The van der Waals surface area contributed by atoms with E-state index < -0.39 is 0 Å². The van der Waals surface area contributed by atoms with Crippen LogP contribution in [0.1, 0.15) is 38.5 Å². The van der Waals surface area contributed by atoms with Crippen molar-refractivity contribution in [3.05, 3.63) is 46.5 Å².